The molecule has 0 aromatic carbocycles. The molecule has 4 unspecified atom stereocenters. The van der Waals surface area contributed by atoms with Crippen molar-refractivity contribution < 1.29 is 0 Å². The maximum Gasteiger partial charge on any atom is -0.0386 e. The minimum Gasteiger partial charge on any atom is -0.0651 e. The van der Waals surface area contributed by atoms with E-state index in [1.54, 1.807) is 0 Å². The van der Waals surface area contributed by atoms with Crippen LogP contribution >= 0.6 is 0 Å². The lowest BCUT2D eigenvalue weighted by Crippen LogP contribution is -2.17. The van der Waals surface area contributed by atoms with Gasteiger partial charge in [0.25, 0.3) is 0 Å². The Morgan fingerprint density at radius 1 is 1.00 bits per heavy atom. The largest absolute Gasteiger partial charge is 0.0651 e. The quantitative estimate of drug-likeness (QED) is 0.554. The highest BCUT2D eigenvalue weighted by atomic mass is 14.3. The van der Waals surface area contributed by atoms with Gasteiger partial charge in [-0.05, 0) is 30.1 Å². The molecule has 1 aliphatic carbocycles. The molecule has 1 fully saturated rings. The first kappa shape index (κ1) is 13.1. The summed E-state index contributed by atoms with van der Waals surface area (Å²) in [6.45, 7) is 9.70. The second-order valence-electron chi connectivity index (χ2n) is 5.97. The van der Waals surface area contributed by atoms with E-state index in [9.17, 15) is 0 Å². The second-order valence-corrected chi connectivity index (χ2v) is 5.97. The van der Waals surface area contributed by atoms with E-state index in [4.69, 9.17) is 0 Å². The van der Waals surface area contributed by atoms with Crippen molar-refractivity contribution in [3.8, 4) is 0 Å². The van der Waals surface area contributed by atoms with Crippen LogP contribution < -0.4 is 0 Å². The van der Waals surface area contributed by atoms with Gasteiger partial charge in [0, 0.05) is 0 Å². The van der Waals surface area contributed by atoms with E-state index in [1.165, 1.54) is 44.9 Å². The standard InChI is InChI=1S/C15H30/c1-5-12(2)14(4)11-15-10-8-6-7-9-13(15)3/h12-15H,5-11H2,1-4H3. The van der Waals surface area contributed by atoms with E-state index >= 15 is 0 Å². The summed E-state index contributed by atoms with van der Waals surface area (Å²) in [7, 11) is 0. The van der Waals surface area contributed by atoms with Crippen molar-refractivity contribution in [2.45, 2.75) is 72.6 Å². The number of rotatable bonds is 4. The van der Waals surface area contributed by atoms with Gasteiger partial charge in [0.1, 0.15) is 0 Å². The summed E-state index contributed by atoms with van der Waals surface area (Å²) >= 11 is 0. The third-order valence-electron chi connectivity index (χ3n) is 4.83. The SMILES string of the molecule is CCC(C)C(C)CC1CCCCCC1C. The Morgan fingerprint density at radius 3 is 2.33 bits per heavy atom. The molecule has 0 nitrogen and oxygen atoms in total. The van der Waals surface area contributed by atoms with Crippen LogP contribution in [0.1, 0.15) is 72.6 Å². The van der Waals surface area contributed by atoms with E-state index in [-0.39, 0.29) is 0 Å². The molecule has 0 aliphatic heterocycles. The van der Waals surface area contributed by atoms with Crippen molar-refractivity contribution in [1.29, 1.82) is 0 Å². The first-order chi connectivity index (χ1) is 7.15. The zero-order valence-electron chi connectivity index (χ0n) is 11.3. The van der Waals surface area contributed by atoms with Crippen LogP contribution in [0.4, 0.5) is 0 Å². The summed E-state index contributed by atoms with van der Waals surface area (Å²) in [4.78, 5) is 0. The Hall–Kier alpha value is 0. The minimum absolute atomic E-state index is 0.917. The molecule has 0 N–H and O–H groups in total. The fourth-order valence-corrected chi connectivity index (χ4v) is 3.03. The highest BCUT2D eigenvalue weighted by Crippen LogP contribution is 2.35. The third kappa shape index (κ3) is 4.17. The molecule has 0 spiro atoms. The van der Waals surface area contributed by atoms with Gasteiger partial charge in [-0.25, -0.2) is 0 Å². The summed E-state index contributed by atoms with van der Waals surface area (Å²) < 4.78 is 0. The van der Waals surface area contributed by atoms with Gasteiger partial charge in [-0.15, -0.1) is 0 Å². The highest BCUT2D eigenvalue weighted by Gasteiger charge is 2.23. The van der Waals surface area contributed by atoms with Gasteiger partial charge >= 0.3 is 0 Å². The van der Waals surface area contributed by atoms with Crippen LogP contribution in [0.5, 0.6) is 0 Å². The molecule has 0 heterocycles. The zero-order chi connectivity index (χ0) is 11.3. The molecule has 0 bridgehead atoms. The summed E-state index contributed by atoms with van der Waals surface area (Å²) in [6, 6.07) is 0. The van der Waals surface area contributed by atoms with Crippen LogP contribution in [0.25, 0.3) is 0 Å². The predicted molar refractivity (Wildman–Crippen MR) is 69.0 cm³/mol. The van der Waals surface area contributed by atoms with Gasteiger partial charge in [0.05, 0.1) is 0 Å². The van der Waals surface area contributed by atoms with Crippen molar-refractivity contribution >= 4 is 0 Å². The fraction of sp³-hybridized carbons (Fsp3) is 1.00. The van der Waals surface area contributed by atoms with Crippen LogP contribution in [-0.4, -0.2) is 0 Å². The topological polar surface area (TPSA) is 0 Å². The van der Waals surface area contributed by atoms with E-state index in [1.807, 2.05) is 0 Å². The van der Waals surface area contributed by atoms with Crippen molar-refractivity contribution in [1.82, 2.24) is 0 Å². The van der Waals surface area contributed by atoms with Crippen LogP contribution in [0.2, 0.25) is 0 Å². The van der Waals surface area contributed by atoms with Crippen LogP contribution in [0.15, 0.2) is 0 Å². The van der Waals surface area contributed by atoms with Gasteiger partial charge in [-0.2, -0.15) is 0 Å². The molecule has 90 valence electrons. The molecular formula is C15H30. The summed E-state index contributed by atoms with van der Waals surface area (Å²) in [5, 5.41) is 0. The molecule has 1 saturated carbocycles. The van der Waals surface area contributed by atoms with Crippen molar-refractivity contribution in [2.24, 2.45) is 23.7 Å². The molecule has 15 heavy (non-hydrogen) atoms. The van der Waals surface area contributed by atoms with Crippen LogP contribution in [0, 0.1) is 23.7 Å². The predicted octanol–water partition coefficient (Wildman–Crippen LogP) is 5.28. The molecule has 0 saturated heterocycles. The van der Waals surface area contributed by atoms with Crippen molar-refractivity contribution in [2.75, 3.05) is 0 Å². The summed E-state index contributed by atoms with van der Waals surface area (Å²) in [5.41, 5.74) is 0. The zero-order valence-corrected chi connectivity index (χ0v) is 11.3. The average molecular weight is 210 g/mol. The third-order valence-corrected chi connectivity index (χ3v) is 4.83. The highest BCUT2D eigenvalue weighted by molar-refractivity contribution is 4.74. The van der Waals surface area contributed by atoms with E-state index < -0.39 is 0 Å². The van der Waals surface area contributed by atoms with Crippen molar-refractivity contribution in [3.63, 3.8) is 0 Å². The molecule has 0 radical (unpaired) electrons. The molecular weight excluding hydrogens is 180 g/mol. The summed E-state index contributed by atoms with van der Waals surface area (Å²) in [6.07, 6.45) is 10.3. The second kappa shape index (κ2) is 6.55. The van der Waals surface area contributed by atoms with Gasteiger partial charge in [0.15, 0.2) is 0 Å². The molecule has 1 rings (SSSR count). The molecule has 0 heteroatoms. The van der Waals surface area contributed by atoms with Gasteiger partial charge in [0.2, 0.25) is 0 Å². The van der Waals surface area contributed by atoms with Gasteiger partial charge < -0.3 is 0 Å². The molecule has 1 aliphatic rings. The summed E-state index contributed by atoms with van der Waals surface area (Å²) in [5.74, 6) is 3.86. The monoisotopic (exact) mass is 210 g/mol. The fourth-order valence-electron chi connectivity index (χ4n) is 3.03. The number of hydrogen-bond donors (Lipinski definition) is 0. The molecule has 0 amide bonds. The van der Waals surface area contributed by atoms with E-state index in [2.05, 4.69) is 27.7 Å². The molecule has 0 aromatic heterocycles. The van der Waals surface area contributed by atoms with E-state index in [0.717, 1.165) is 23.7 Å². The van der Waals surface area contributed by atoms with E-state index in [0.29, 0.717) is 0 Å². The maximum absolute atomic E-state index is 2.49. The van der Waals surface area contributed by atoms with Gasteiger partial charge in [-0.1, -0.05) is 66.2 Å². The number of hydrogen-bond acceptors (Lipinski definition) is 0. The Bertz CT molecular complexity index is 161. The first-order valence-electron chi connectivity index (χ1n) is 7.15. The van der Waals surface area contributed by atoms with Crippen LogP contribution in [0.3, 0.4) is 0 Å². The van der Waals surface area contributed by atoms with Crippen LogP contribution in [-0.2, 0) is 0 Å². The van der Waals surface area contributed by atoms with Crippen molar-refractivity contribution in [3.05, 3.63) is 0 Å². The minimum atomic E-state index is 0.917. The van der Waals surface area contributed by atoms with Gasteiger partial charge in [-0.3, -0.25) is 0 Å². The average Bonchev–Trinajstić information content (AvgIpc) is 2.43. The normalized spacial score (nSPS) is 32.0. The molecule has 4 atom stereocenters. The Labute approximate surface area is 96.8 Å². The Balaban J connectivity index is 2.40. The maximum atomic E-state index is 2.49. The Morgan fingerprint density at radius 2 is 1.67 bits per heavy atom. The molecule has 0 aromatic rings. The smallest absolute Gasteiger partial charge is 0.0386 e. The Kier molecular flexibility index (Phi) is 5.71. The lowest BCUT2D eigenvalue weighted by molar-refractivity contribution is 0.233. The first-order valence-corrected chi connectivity index (χ1v) is 7.15. The lowest BCUT2D eigenvalue weighted by atomic mass is 9.78. The lowest BCUT2D eigenvalue weighted by Gasteiger charge is -2.27.